The van der Waals surface area contributed by atoms with Crippen molar-refractivity contribution in [2.75, 3.05) is 10.6 Å². The van der Waals surface area contributed by atoms with Crippen molar-refractivity contribution in [2.24, 2.45) is 5.92 Å². The second kappa shape index (κ2) is 11.7. The zero-order chi connectivity index (χ0) is 24.6. The average Bonchev–Trinajstić information content (AvgIpc) is 2.89. The number of carbonyl (C=O) groups excluding carboxylic acids is 2. The summed E-state index contributed by atoms with van der Waals surface area (Å²) < 4.78 is 0. The molecule has 0 radical (unpaired) electrons. The van der Waals surface area contributed by atoms with Crippen LogP contribution < -0.4 is 10.6 Å². The largest absolute Gasteiger partial charge is 0.326 e. The fourth-order valence-corrected chi connectivity index (χ4v) is 5.16. The van der Waals surface area contributed by atoms with E-state index >= 15 is 0 Å². The predicted octanol–water partition coefficient (Wildman–Crippen LogP) is 6.59. The van der Waals surface area contributed by atoms with Gasteiger partial charge in [-0.25, -0.2) is 0 Å². The predicted molar refractivity (Wildman–Crippen MR) is 138 cm³/mol. The molecule has 3 aromatic rings. The van der Waals surface area contributed by atoms with Gasteiger partial charge in [0.25, 0.3) is 5.69 Å². The number of rotatable bonds is 8. The van der Waals surface area contributed by atoms with E-state index in [0.29, 0.717) is 5.69 Å². The molecule has 2 amide bonds. The van der Waals surface area contributed by atoms with E-state index in [1.54, 1.807) is 0 Å². The first-order valence-electron chi connectivity index (χ1n) is 11.7. The number of anilines is 2. The van der Waals surface area contributed by atoms with Gasteiger partial charge in [-0.2, -0.15) is 0 Å². The molecule has 3 aromatic carbocycles. The van der Waals surface area contributed by atoms with Gasteiger partial charge in [0, 0.05) is 34.3 Å². The third kappa shape index (κ3) is 6.70. The monoisotopic (exact) mass is 489 g/mol. The lowest BCUT2D eigenvalue weighted by atomic mass is 9.88. The third-order valence-corrected chi connectivity index (χ3v) is 7.30. The van der Waals surface area contributed by atoms with E-state index in [2.05, 4.69) is 10.6 Å². The summed E-state index contributed by atoms with van der Waals surface area (Å²) in [5, 5.41) is 16.2. The van der Waals surface area contributed by atoms with Crippen molar-refractivity contribution in [3.63, 3.8) is 0 Å². The van der Waals surface area contributed by atoms with Crippen molar-refractivity contribution in [2.45, 2.75) is 42.2 Å². The highest BCUT2D eigenvalue weighted by atomic mass is 32.2. The van der Waals surface area contributed by atoms with Crippen molar-refractivity contribution in [1.82, 2.24) is 0 Å². The van der Waals surface area contributed by atoms with Crippen molar-refractivity contribution < 1.29 is 14.5 Å². The molecule has 0 heterocycles. The first kappa shape index (κ1) is 24.5. The molecule has 8 heteroatoms. The standard InChI is InChI=1S/C27H27N3O4S/c31-26(20-9-5-2-6-10-20)28-22-13-17-24(18-14-22)35-25(19-7-3-1-4-8-19)27(32)29-21-11-15-23(16-12-21)30(33)34/h1,3-4,7-8,11-18,20,25H,2,5-6,9-10H2,(H,28,31)(H,29,32). The molecule has 0 aromatic heterocycles. The molecule has 1 atom stereocenters. The Hall–Kier alpha value is -3.65. The maximum absolute atomic E-state index is 13.2. The molecule has 0 bridgehead atoms. The highest BCUT2D eigenvalue weighted by Gasteiger charge is 2.23. The Labute approximate surface area is 208 Å². The molecule has 2 N–H and O–H groups in total. The minimum absolute atomic E-state index is 0.0346. The minimum atomic E-state index is -0.533. The van der Waals surface area contributed by atoms with Gasteiger partial charge >= 0.3 is 0 Å². The van der Waals surface area contributed by atoms with Crippen LogP contribution in [-0.4, -0.2) is 16.7 Å². The van der Waals surface area contributed by atoms with Gasteiger partial charge in [-0.3, -0.25) is 19.7 Å². The van der Waals surface area contributed by atoms with Crippen LogP contribution in [0.4, 0.5) is 17.1 Å². The first-order chi connectivity index (χ1) is 17.0. The molecule has 7 nitrogen and oxygen atoms in total. The SMILES string of the molecule is O=C(Nc1ccc(SC(C(=O)Nc2ccc([N+](=O)[O-])cc2)c2ccccc2)cc1)C1CCCCC1. The summed E-state index contributed by atoms with van der Waals surface area (Å²) in [5.74, 6) is -0.0668. The van der Waals surface area contributed by atoms with Gasteiger partial charge in [-0.15, -0.1) is 11.8 Å². The smallest absolute Gasteiger partial charge is 0.269 e. The van der Waals surface area contributed by atoms with Gasteiger partial charge in [0.2, 0.25) is 11.8 Å². The number of carbonyl (C=O) groups is 2. The van der Waals surface area contributed by atoms with E-state index in [1.165, 1.54) is 42.4 Å². The van der Waals surface area contributed by atoms with Crippen LogP contribution in [0.5, 0.6) is 0 Å². The number of nitrogens with one attached hydrogen (secondary N) is 2. The number of nitrogens with zero attached hydrogens (tertiary/aromatic N) is 1. The number of nitro groups is 1. The number of thioether (sulfide) groups is 1. The summed E-state index contributed by atoms with van der Waals surface area (Å²) in [7, 11) is 0. The van der Waals surface area contributed by atoms with Gasteiger partial charge in [0.1, 0.15) is 5.25 Å². The number of non-ortho nitro benzene ring substituents is 1. The number of benzene rings is 3. The topological polar surface area (TPSA) is 101 Å². The van der Waals surface area contributed by atoms with Crippen LogP contribution in [-0.2, 0) is 9.59 Å². The fraction of sp³-hybridized carbons (Fsp3) is 0.259. The quantitative estimate of drug-likeness (QED) is 0.211. The Kier molecular flexibility index (Phi) is 8.15. The van der Waals surface area contributed by atoms with Gasteiger partial charge in [0.15, 0.2) is 0 Å². The summed E-state index contributed by atoms with van der Waals surface area (Å²) in [6.45, 7) is 0. The van der Waals surface area contributed by atoms with E-state index < -0.39 is 10.2 Å². The second-order valence-electron chi connectivity index (χ2n) is 8.55. The highest BCUT2D eigenvalue weighted by molar-refractivity contribution is 8.00. The van der Waals surface area contributed by atoms with Crippen molar-refractivity contribution in [1.29, 1.82) is 0 Å². The van der Waals surface area contributed by atoms with Gasteiger partial charge < -0.3 is 10.6 Å². The van der Waals surface area contributed by atoms with E-state index in [-0.39, 0.29) is 23.4 Å². The molecular formula is C27H27N3O4S. The Bertz CT molecular complexity index is 1160. The molecule has 0 aliphatic heterocycles. The number of amides is 2. The Morgan fingerprint density at radius 3 is 2.06 bits per heavy atom. The van der Waals surface area contributed by atoms with Crippen molar-refractivity contribution in [3.8, 4) is 0 Å². The molecule has 0 spiro atoms. The highest BCUT2D eigenvalue weighted by Crippen LogP contribution is 2.37. The van der Waals surface area contributed by atoms with Crippen molar-refractivity contribution >= 4 is 40.6 Å². The number of nitro benzene ring substituents is 1. The van der Waals surface area contributed by atoms with Crippen molar-refractivity contribution in [3.05, 3.63) is 94.5 Å². The van der Waals surface area contributed by atoms with Gasteiger partial charge in [-0.05, 0) is 54.8 Å². The number of hydrogen-bond acceptors (Lipinski definition) is 5. The molecule has 1 aliphatic carbocycles. The van der Waals surface area contributed by atoms with Crippen LogP contribution in [0.1, 0.15) is 42.9 Å². The fourth-order valence-electron chi connectivity index (χ4n) is 4.14. The Balaban J connectivity index is 1.45. The van der Waals surface area contributed by atoms with Crippen LogP contribution >= 0.6 is 11.8 Å². The normalized spacial score (nSPS) is 14.6. The van der Waals surface area contributed by atoms with E-state index in [1.807, 2.05) is 54.6 Å². The van der Waals surface area contributed by atoms with Crippen LogP contribution in [0.25, 0.3) is 0 Å². The van der Waals surface area contributed by atoms with Crippen LogP contribution in [0.3, 0.4) is 0 Å². The molecule has 1 aliphatic rings. The lowest BCUT2D eigenvalue weighted by Crippen LogP contribution is -2.24. The molecule has 35 heavy (non-hydrogen) atoms. The molecular weight excluding hydrogens is 462 g/mol. The van der Waals surface area contributed by atoms with E-state index in [9.17, 15) is 19.7 Å². The molecule has 1 unspecified atom stereocenters. The maximum atomic E-state index is 13.2. The Morgan fingerprint density at radius 1 is 0.829 bits per heavy atom. The lowest BCUT2D eigenvalue weighted by molar-refractivity contribution is -0.384. The van der Waals surface area contributed by atoms with E-state index in [0.717, 1.165) is 41.8 Å². The van der Waals surface area contributed by atoms with Crippen LogP contribution in [0.15, 0.2) is 83.8 Å². The number of hydrogen-bond donors (Lipinski definition) is 2. The first-order valence-corrected chi connectivity index (χ1v) is 12.6. The molecule has 1 fully saturated rings. The minimum Gasteiger partial charge on any atom is -0.326 e. The van der Waals surface area contributed by atoms with Crippen LogP contribution in [0.2, 0.25) is 0 Å². The summed E-state index contributed by atoms with van der Waals surface area (Å²) >= 11 is 1.40. The molecule has 0 saturated heterocycles. The van der Waals surface area contributed by atoms with E-state index in [4.69, 9.17) is 0 Å². The van der Waals surface area contributed by atoms with Gasteiger partial charge in [-0.1, -0.05) is 49.6 Å². The summed E-state index contributed by atoms with van der Waals surface area (Å²) in [6, 6.07) is 22.7. The lowest BCUT2D eigenvalue weighted by Gasteiger charge is -2.21. The summed E-state index contributed by atoms with van der Waals surface area (Å²) in [5.41, 5.74) is 2.04. The summed E-state index contributed by atoms with van der Waals surface area (Å²) in [4.78, 5) is 37.0. The Morgan fingerprint density at radius 2 is 1.43 bits per heavy atom. The second-order valence-corrected chi connectivity index (χ2v) is 9.73. The third-order valence-electron chi connectivity index (χ3n) is 6.04. The van der Waals surface area contributed by atoms with Crippen LogP contribution in [0, 0.1) is 16.0 Å². The molecule has 180 valence electrons. The summed E-state index contributed by atoms with van der Waals surface area (Å²) in [6.07, 6.45) is 5.31. The molecule has 4 rings (SSSR count). The zero-order valence-electron chi connectivity index (χ0n) is 19.2. The maximum Gasteiger partial charge on any atom is 0.269 e. The van der Waals surface area contributed by atoms with Gasteiger partial charge in [0.05, 0.1) is 4.92 Å². The molecule has 1 saturated carbocycles. The zero-order valence-corrected chi connectivity index (χ0v) is 20.0. The average molecular weight is 490 g/mol.